The molecule has 4 aliphatic carbocycles. The van der Waals surface area contributed by atoms with Crippen molar-refractivity contribution in [1.29, 1.82) is 0 Å². The van der Waals surface area contributed by atoms with Gasteiger partial charge in [-0.15, -0.1) is 0 Å². The largest absolute Gasteiger partial charge is 0.393 e. The normalized spacial score (nSPS) is 43.7. The Morgan fingerprint density at radius 3 is 2.38 bits per heavy atom. The molecular weight excluding hydrogens is 352 g/mol. The number of hydrogen-bond donors (Lipinski definition) is 1. The van der Waals surface area contributed by atoms with Gasteiger partial charge in [-0.25, -0.2) is 0 Å². The summed E-state index contributed by atoms with van der Waals surface area (Å²) in [5, 5.41) is 10.2. The molecule has 29 heavy (non-hydrogen) atoms. The SMILES string of the molecule is CC(C)CCC(C)[C@@H](C)C1=CC[C@H]2[C@@H]3CC=C4C[C@@H](O)CC[C@]4(C)[C@H]3CC[C@]12C. The Balaban J connectivity index is 1.52. The van der Waals surface area contributed by atoms with E-state index in [2.05, 4.69) is 53.7 Å². The number of allylic oxidation sites excluding steroid dienone is 3. The zero-order chi connectivity index (χ0) is 21.0. The quantitative estimate of drug-likeness (QED) is 0.474. The molecule has 0 bridgehead atoms. The van der Waals surface area contributed by atoms with E-state index in [0.717, 1.165) is 48.3 Å². The van der Waals surface area contributed by atoms with Crippen LogP contribution < -0.4 is 0 Å². The van der Waals surface area contributed by atoms with E-state index in [1.165, 1.54) is 44.9 Å². The topological polar surface area (TPSA) is 20.2 Å². The van der Waals surface area contributed by atoms with Crippen molar-refractivity contribution in [3.8, 4) is 0 Å². The zero-order valence-corrected chi connectivity index (χ0v) is 20.0. The summed E-state index contributed by atoms with van der Waals surface area (Å²) < 4.78 is 0. The standard InChI is InChI=1S/C28H46O/c1-18(2)7-8-19(3)20(4)24-11-12-25-23-10-9-21-17-22(29)13-15-27(21,5)26(23)14-16-28(24,25)6/h9,11,18-20,22-23,25-26,29H,7-8,10,12-17H2,1-6H3/t19?,20-,22+,23+,25+,26+,27+,28-/m1/s1. The van der Waals surface area contributed by atoms with Gasteiger partial charge in [0.05, 0.1) is 6.10 Å². The predicted molar refractivity (Wildman–Crippen MR) is 124 cm³/mol. The van der Waals surface area contributed by atoms with Gasteiger partial charge in [-0.3, -0.25) is 0 Å². The molecule has 0 heterocycles. The van der Waals surface area contributed by atoms with Crippen LogP contribution in [0.3, 0.4) is 0 Å². The van der Waals surface area contributed by atoms with Gasteiger partial charge in [0.25, 0.3) is 0 Å². The van der Waals surface area contributed by atoms with Gasteiger partial charge in [-0.05, 0) is 97.7 Å². The Hall–Kier alpha value is -0.560. The Morgan fingerprint density at radius 1 is 0.931 bits per heavy atom. The van der Waals surface area contributed by atoms with E-state index in [9.17, 15) is 5.11 Å². The molecule has 0 amide bonds. The second kappa shape index (κ2) is 7.85. The third-order valence-corrected chi connectivity index (χ3v) is 10.3. The van der Waals surface area contributed by atoms with E-state index in [0.29, 0.717) is 10.8 Å². The Labute approximate surface area is 180 Å². The molecule has 2 fully saturated rings. The summed E-state index contributed by atoms with van der Waals surface area (Å²) in [5.74, 6) is 4.89. The number of hydrogen-bond acceptors (Lipinski definition) is 1. The smallest absolute Gasteiger partial charge is 0.0577 e. The van der Waals surface area contributed by atoms with E-state index in [1.807, 2.05) is 5.57 Å². The van der Waals surface area contributed by atoms with Crippen LogP contribution in [0.1, 0.15) is 99.3 Å². The summed E-state index contributed by atoms with van der Waals surface area (Å²) in [6, 6.07) is 0. The minimum Gasteiger partial charge on any atom is -0.393 e. The lowest BCUT2D eigenvalue weighted by molar-refractivity contribution is -0.0323. The van der Waals surface area contributed by atoms with Crippen LogP contribution in [0.5, 0.6) is 0 Å². The zero-order valence-electron chi connectivity index (χ0n) is 20.0. The predicted octanol–water partition coefficient (Wildman–Crippen LogP) is 7.55. The van der Waals surface area contributed by atoms with Crippen molar-refractivity contribution in [2.24, 2.45) is 46.3 Å². The Kier molecular flexibility index (Phi) is 5.86. The van der Waals surface area contributed by atoms with Crippen LogP contribution in [0.4, 0.5) is 0 Å². The highest BCUT2D eigenvalue weighted by Crippen LogP contribution is 2.66. The molecule has 8 atom stereocenters. The minimum absolute atomic E-state index is 0.0901. The molecule has 4 rings (SSSR count). The van der Waals surface area contributed by atoms with Gasteiger partial charge in [0.15, 0.2) is 0 Å². The molecule has 1 N–H and O–H groups in total. The van der Waals surface area contributed by atoms with Crippen LogP contribution >= 0.6 is 0 Å². The maximum absolute atomic E-state index is 10.2. The van der Waals surface area contributed by atoms with Crippen molar-refractivity contribution in [3.05, 3.63) is 23.3 Å². The fourth-order valence-electron chi connectivity index (χ4n) is 8.10. The maximum atomic E-state index is 10.2. The summed E-state index contributed by atoms with van der Waals surface area (Å²) >= 11 is 0. The summed E-state index contributed by atoms with van der Waals surface area (Å²) in [7, 11) is 0. The summed E-state index contributed by atoms with van der Waals surface area (Å²) in [4.78, 5) is 0. The lowest BCUT2D eigenvalue weighted by Gasteiger charge is -2.58. The fraction of sp³-hybridized carbons (Fsp3) is 0.857. The van der Waals surface area contributed by atoms with Crippen LogP contribution in [0.25, 0.3) is 0 Å². The van der Waals surface area contributed by atoms with Crippen LogP contribution in [-0.4, -0.2) is 11.2 Å². The first-order valence-electron chi connectivity index (χ1n) is 12.7. The average molecular weight is 399 g/mol. The van der Waals surface area contributed by atoms with Gasteiger partial charge in [0.2, 0.25) is 0 Å². The van der Waals surface area contributed by atoms with E-state index in [1.54, 1.807) is 5.57 Å². The van der Waals surface area contributed by atoms with Gasteiger partial charge >= 0.3 is 0 Å². The minimum atomic E-state index is -0.0901. The van der Waals surface area contributed by atoms with Gasteiger partial charge in [-0.2, -0.15) is 0 Å². The van der Waals surface area contributed by atoms with E-state index in [4.69, 9.17) is 0 Å². The van der Waals surface area contributed by atoms with Gasteiger partial charge in [0.1, 0.15) is 0 Å². The molecule has 0 aromatic carbocycles. The van der Waals surface area contributed by atoms with Crippen molar-refractivity contribution in [2.45, 2.75) is 105 Å². The van der Waals surface area contributed by atoms with E-state index in [-0.39, 0.29) is 6.10 Å². The second-order valence-corrected chi connectivity index (χ2v) is 12.2. The molecule has 164 valence electrons. The summed E-state index contributed by atoms with van der Waals surface area (Å²) in [6.07, 6.45) is 16.4. The van der Waals surface area contributed by atoms with Crippen molar-refractivity contribution in [1.82, 2.24) is 0 Å². The lowest BCUT2D eigenvalue weighted by atomic mass is 9.47. The molecule has 0 radical (unpaired) electrons. The summed E-state index contributed by atoms with van der Waals surface area (Å²) in [5.41, 5.74) is 4.21. The average Bonchev–Trinajstić information content (AvgIpc) is 3.03. The highest BCUT2D eigenvalue weighted by Gasteiger charge is 2.57. The fourth-order valence-corrected chi connectivity index (χ4v) is 8.10. The third-order valence-electron chi connectivity index (χ3n) is 10.3. The lowest BCUT2D eigenvalue weighted by Crippen LogP contribution is -2.50. The first kappa shape index (κ1) is 21.7. The van der Waals surface area contributed by atoms with Crippen LogP contribution in [-0.2, 0) is 0 Å². The molecule has 0 aromatic heterocycles. The monoisotopic (exact) mass is 398 g/mol. The van der Waals surface area contributed by atoms with E-state index >= 15 is 0 Å². The first-order valence-corrected chi connectivity index (χ1v) is 12.7. The molecule has 0 saturated heterocycles. The van der Waals surface area contributed by atoms with Gasteiger partial charge < -0.3 is 5.11 Å². The Bertz CT molecular complexity index is 672. The molecule has 0 aliphatic heterocycles. The highest BCUT2D eigenvalue weighted by molar-refractivity contribution is 5.31. The molecule has 0 spiro atoms. The first-order chi connectivity index (χ1) is 13.7. The highest BCUT2D eigenvalue weighted by atomic mass is 16.3. The number of fused-ring (bicyclic) bond motifs is 5. The molecular formula is C28H46O. The van der Waals surface area contributed by atoms with Crippen molar-refractivity contribution in [3.63, 3.8) is 0 Å². The molecule has 1 unspecified atom stereocenters. The van der Waals surface area contributed by atoms with Gasteiger partial charge in [-0.1, -0.05) is 71.3 Å². The van der Waals surface area contributed by atoms with Crippen molar-refractivity contribution in [2.75, 3.05) is 0 Å². The summed E-state index contributed by atoms with van der Waals surface area (Å²) in [6.45, 7) is 14.9. The molecule has 2 saturated carbocycles. The molecule has 1 heteroatoms. The van der Waals surface area contributed by atoms with Crippen LogP contribution in [0.15, 0.2) is 23.3 Å². The molecule has 1 nitrogen and oxygen atoms in total. The van der Waals surface area contributed by atoms with Crippen LogP contribution in [0, 0.1) is 46.3 Å². The third kappa shape index (κ3) is 3.58. The second-order valence-electron chi connectivity index (χ2n) is 12.2. The molecule has 0 aromatic rings. The Morgan fingerprint density at radius 2 is 1.66 bits per heavy atom. The maximum Gasteiger partial charge on any atom is 0.0577 e. The van der Waals surface area contributed by atoms with Crippen LogP contribution in [0.2, 0.25) is 0 Å². The number of aliphatic hydroxyl groups is 1. The van der Waals surface area contributed by atoms with Gasteiger partial charge in [0, 0.05) is 0 Å². The van der Waals surface area contributed by atoms with Crippen molar-refractivity contribution < 1.29 is 5.11 Å². The van der Waals surface area contributed by atoms with Crippen molar-refractivity contribution >= 4 is 0 Å². The molecule has 4 aliphatic rings. The van der Waals surface area contributed by atoms with E-state index < -0.39 is 0 Å². The number of rotatable bonds is 5. The number of aliphatic hydroxyl groups excluding tert-OH is 1.